The van der Waals surface area contributed by atoms with Crippen LogP contribution >= 0.6 is 23.4 Å². The molecule has 3 nitrogen and oxygen atoms in total. The van der Waals surface area contributed by atoms with Gasteiger partial charge < -0.3 is 10.2 Å². The van der Waals surface area contributed by atoms with Gasteiger partial charge in [-0.3, -0.25) is 0 Å². The molecule has 0 radical (unpaired) electrons. The summed E-state index contributed by atoms with van der Waals surface area (Å²) in [5, 5.41) is 1.24. The number of rotatable bonds is 3. The highest BCUT2D eigenvalue weighted by Gasteiger charge is 2.11. The highest BCUT2D eigenvalue weighted by molar-refractivity contribution is 7.99. The predicted octanol–water partition coefficient (Wildman–Crippen LogP) is 4.65. The van der Waals surface area contributed by atoms with Crippen molar-refractivity contribution in [1.82, 2.24) is 4.98 Å². The fraction of sp³-hybridized carbons (Fsp3) is 0.133. The second kappa shape index (κ2) is 5.48. The van der Waals surface area contributed by atoms with Gasteiger partial charge in [0.1, 0.15) is 5.52 Å². The lowest BCUT2D eigenvalue weighted by Crippen LogP contribution is -2.04. The predicted molar refractivity (Wildman–Crippen MR) is 82.2 cm³/mol. The second-order valence-corrected chi connectivity index (χ2v) is 5.93. The molecule has 3 aromatic rings. The van der Waals surface area contributed by atoms with Gasteiger partial charge in [-0.2, -0.15) is 0 Å². The van der Waals surface area contributed by atoms with Gasteiger partial charge in [0.05, 0.1) is 5.02 Å². The Hall–Kier alpha value is -1.49. The number of nitrogens with zero attached hydrogens (tertiary/aromatic N) is 1. The first-order valence-electron chi connectivity index (χ1n) is 6.22. The van der Waals surface area contributed by atoms with Crippen LogP contribution in [0.5, 0.6) is 0 Å². The Labute approximate surface area is 126 Å². The Morgan fingerprint density at radius 2 is 2.05 bits per heavy atom. The molecule has 0 fully saturated rings. The smallest absolute Gasteiger partial charge is 0.261 e. The van der Waals surface area contributed by atoms with Crippen LogP contribution in [0.25, 0.3) is 11.1 Å². The fourth-order valence-corrected chi connectivity index (χ4v) is 2.93. The molecule has 5 heteroatoms. The second-order valence-electron chi connectivity index (χ2n) is 4.53. The van der Waals surface area contributed by atoms with Gasteiger partial charge in [-0.05, 0) is 48.5 Å². The molecular weight excluding hydrogens is 292 g/mol. The van der Waals surface area contributed by atoms with Crippen LogP contribution in [-0.2, 0) is 0 Å². The molecule has 0 saturated carbocycles. The van der Waals surface area contributed by atoms with Crippen LogP contribution < -0.4 is 5.73 Å². The summed E-state index contributed by atoms with van der Waals surface area (Å²) in [7, 11) is 0. The van der Waals surface area contributed by atoms with Crippen LogP contribution in [0.15, 0.2) is 57.0 Å². The standard InChI is InChI=1S/C15H13ClN2OS/c1-9(17)10-6-7-14(11(16)8-10)20-15-18-12-4-2-3-5-13(12)19-15/h2-9H,17H2,1H3/t9-/m1/s1. The maximum Gasteiger partial charge on any atom is 0.261 e. The number of nitrogens with two attached hydrogens (primary N) is 1. The molecule has 2 N–H and O–H groups in total. The van der Waals surface area contributed by atoms with Crippen LogP contribution in [0.4, 0.5) is 0 Å². The molecule has 0 spiro atoms. The van der Waals surface area contributed by atoms with Gasteiger partial charge in [-0.1, -0.05) is 29.8 Å². The van der Waals surface area contributed by atoms with E-state index in [-0.39, 0.29) is 6.04 Å². The summed E-state index contributed by atoms with van der Waals surface area (Å²) in [5.41, 5.74) is 8.47. The van der Waals surface area contributed by atoms with Crippen LogP contribution in [0.1, 0.15) is 18.5 Å². The molecule has 2 aromatic carbocycles. The van der Waals surface area contributed by atoms with Crippen LogP contribution in [0, 0.1) is 0 Å². The minimum absolute atomic E-state index is 0.0316. The number of benzene rings is 2. The molecule has 20 heavy (non-hydrogen) atoms. The van der Waals surface area contributed by atoms with E-state index < -0.39 is 0 Å². The summed E-state index contributed by atoms with van der Waals surface area (Å²) < 4.78 is 5.67. The Kier molecular flexibility index (Phi) is 3.70. The number of aromatic nitrogens is 1. The fourth-order valence-electron chi connectivity index (χ4n) is 1.87. The van der Waals surface area contributed by atoms with Gasteiger partial charge in [0, 0.05) is 10.9 Å². The van der Waals surface area contributed by atoms with Crippen molar-refractivity contribution < 1.29 is 4.42 Å². The van der Waals surface area contributed by atoms with Gasteiger partial charge in [0.2, 0.25) is 0 Å². The van der Waals surface area contributed by atoms with Crippen LogP contribution in [0.2, 0.25) is 5.02 Å². The summed E-state index contributed by atoms with van der Waals surface area (Å²) in [4.78, 5) is 5.32. The van der Waals surface area contributed by atoms with E-state index in [4.69, 9.17) is 21.8 Å². The highest BCUT2D eigenvalue weighted by Crippen LogP contribution is 2.35. The minimum Gasteiger partial charge on any atom is -0.431 e. The number of hydrogen-bond acceptors (Lipinski definition) is 4. The topological polar surface area (TPSA) is 52.0 Å². The number of fused-ring (bicyclic) bond motifs is 1. The van der Waals surface area contributed by atoms with Crippen molar-refractivity contribution in [3.8, 4) is 0 Å². The van der Waals surface area contributed by atoms with Gasteiger partial charge in [0.15, 0.2) is 5.58 Å². The molecule has 1 heterocycles. The molecule has 102 valence electrons. The van der Waals surface area contributed by atoms with Gasteiger partial charge in [-0.15, -0.1) is 0 Å². The van der Waals surface area contributed by atoms with Crippen molar-refractivity contribution in [3.05, 3.63) is 53.1 Å². The molecule has 1 atom stereocenters. The number of halogens is 1. The summed E-state index contributed by atoms with van der Waals surface area (Å²) in [5.74, 6) is 0. The highest BCUT2D eigenvalue weighted by atomic mass is 35.5. The molecular formula is C15H13ClN2OS. The summed E-state index contributed by atoms with van der Waals surface area (Å²) in [6, 6.07) is 13.4. The van der Waals surface area contributed by atoms with Crippen molar-refractivity contribution in [2.24, 2.45) is 5.73 Å². The third-order valence-electron chi connectivity index (χ3n) is 2.95. The van der Waals surface area contributed by atoms with Crippen molar-refractivity contribution >= 4 is 34.5 Å². The molecule has 0 amide bonds. The Morgan fingerprint density at radius 3 is 2.75 bits per heavy atom. The van der Waals surface area contributed by atoms with E-state index in [1.165, 1.54) is 11.8 Å². The average Bonchev–Trinajstić information content (AvgIpc) is 2.83. The Bertz CT molecular complexity index is 721. The molecule has 0 aliphatic carbocycles. The number of para-hydroxylation sites is 2. The quantitative estimate of drug-likeness (QED) is 0.765. The first-order chi connectivity index (χ1) is 9.63. The van der Waals surface area contributed by atoms with E-state index in [1.807, 2.05) is 49.4 Å². The van der Waals surface area contributed by atoms with E-state index in [0.29, 0.717) is 10.2 Å². The lowest BCUT2D eigenvalue weighted by atomic mass is 10.1. The van der Waals surface area contributed by atoms with Crippen LogP contribution in [-0.4, -0.2) is 4.98 Å². The zero-order chi connectivity index (χ0) is 14.1. The Morgan fingerprint density at radius 1 is 1.25 bits per heavy atom. The zero-order valence-corrected chi connectivity index (χ0v) is 12.4. The average molecular weight is 305 g/mol. The third-order valence-corrected chi connectivity index (χ3v) is 4.30. The minimum atomic E-state index is -0.0316. The molecule has 0 aliphatic heterocycles. The van der Waals surface area contributed by atoms with E-state index in [0.717, 1.165) is 21.6 Å². The van der Waals surface area contributed by atoms with E-state index in [1.54, 1.807) is 0 Å². The van der Waals surface area contributed by atoms with Gasteiger partial charge >= 0.3 is 0 Å². The molecule has 0 unspecified atom stereocenters. The first kappa shape index (κ1) is 13.5. The lowest BCUT2D eigenvalue weighted by Gasteiger charge is -2.07. The monoisotopic (exact) mass is 304 g/mol. The molecule has 0 bridgehead atoms. The molecule has 3 rings (SSSR count). The molecule has 1 aromatic heterocycles. The maximum absolute atomic E-state index is 6.28. The van der Waals surface area contributed by atoms with Gasteiger partial charge in [-0.25, -0.2) is 4.98 Å². The van der Waals surface area contributed by atoms with Crippen molar-refractivity contribution in [1.29, 1.82) is 0 Å². The number of oxazole rings is 1. The van der Waals surface area contributed by atoms with Crippen molar-refractivity contribution in [2.45, 2.75) is 23.1 Å². The van der Waals surface area contributed by atoms with Gasteiger partial charge in [0.25, 0.3) is 5.22 Å². The first-order valence-corrected chi connectivity index (χ1v) is 7.41. The lowest BCUT2D eigenvalue weighted by molar-refractivity contribution is 0.489. The molecule has 0 saturated heterocycles. The van der Waals surface area contributed by atoms with E-state index in [2.05, 4.69) is 4.98 Å². The largest absolute Gasteiger partial charge is 0.431 e. The van der Waals surface area contributed by atoms with E-state index >= 15 is 0 Å². The normalized spacial score (nSPS) is 12.8. The maximum atomic E-state index is 6.28. The third kappa shape index (κ3) is 2.68. The SMILES string of the molecule is C[C@@H](N)c1ccc(Sc2nc3ccccc3o2)c(Cl)c1. The number of hydrogen-bond donors (Lipinski definition) is 1. The van der Waals surface area contributed by atoms with E-state index in [9.17, 15) is 0 Å². The van der Waals surface area contributed by atoms with Crippen molar-refractivity contribution in [2.75, 3.05) is 0 Å². The summed E-state index contributed by atoms with van der Waals surface area (Å²) >= 11 is 7.69. The van der Waals surface area contributed by atoms with Crippen LogP contribution in [0.3, 0.4) is 0 Å². The zero-order valence-electron chi connectivity index (χ0n) is 10.8. The molecule has 0 aliphatic rings. The Balaban J connectivity index is 1.90. The van der Waals surface area contributed by atoms with Crippen molar-refractivity contribution in [3.63, 3.8) is 0 Å². The summed E-state index contributed by atoms with van der Waals surface area (Å²) in [6.45, 7) is 1.93. The summed E-state index contributed by atoms with van der Waals surface area (Å²) in [6.07, 6.45) is 0.